The second-order valence-corrected chi connectivity index (χ2v) is 5.51. The average Bonchev–Trinajstić information content (AvgIpc) is 2.48. The predicted molar refractivity (Wildman–Crippen MR) is 86.7 cm³/mol. The fourth-order valence-corrected chi connectivity index (χ4v) is 2.37. The van der Waals surface area contributed by atoms with Crippen LogP contribution in [0.1, 0.15) is 42.6 Å². The molecule has 0 saturated heterocycles. The molecule has 0 aliphatic rings. The third kappa shape index (κ3) is 4.91. The number of ether oxygens (including phenoxy) is 1. The molecule has 112 valence electrons. The molecule has 2 rings (SSSR count). The van der Waals surface area contributed by atoms with Crippen molar-refractivity contribution in [3.63, 3.8) is 0 Å². The van der Waals surface area contributed by atoms with Crippen molar-refractivity contribution >= 4 is 0 Å². The minimum Gasteiger partial charge on any atom is -0.493 e. The van der Waals surface area contributed by atoms with Gasteiger partial charge in [-0.2, -0.15) is 0 Å². The van der Waals surface area contributed by atoms with Crippen molar-refractivity contribution in [2.75, 3.05) is 6.61 Å². The van der Waals surface area contributed by atoms with E-state index in [1.807, 2.05) is 31.2 Å². The maximum absolute atomic E-state index is 9.77. The first-order chi connectivity index (χ1) is 10.2. The van der Waals surface area contributed by atoms with E-state index in [2.05, 4.69) is 24.3 Å². The Morgan fingerprint density at radius 2 is 1.81 bits per heavy atom. The molecule has 2 nitrogen and oxygen atoms in total. The highest BCUT2D eigenvalue weighted by Crippen LogP contribution is 2.26. The van der Waals surface area contributed by atoms with Gasteiger partial charge in [0.1, 0.15) is 5.75 Å². The normalized spacial score (nSPS) is 12.1. The number of aliphatic hydroxyl groups is 1. The molecule has 0 amide bonds. The molecule has 0 aliphatic heterocycles. The Morgan fingerprint density at radius 3 is 2.52 bits per heavy atom. The second-order valence-electron chi connectivity index (χ2n) is 5.51. The Hall–Kier alpha value is -1.80. The van der Waals surface area contributed by atoms with Gasteiger partial charge in [-0.3, -0.25) is 0 Å². The van der Waals surface area contributed by atoms with Gasteiger partial charge >= 0.3 is 0 Å². The zero-order valence-electron chi connectivity index (χ0n) is 12.9. The van der Waals surface area contributed by atoms with Crippen LogP contribution in [-0.4, -0.2) is 11.7 Å². The van der Waals surface area contributed by atoms with Gasteiger partial charge in [-0.25, -0.2) is 0 Å². The maximum Gasteiger partial charge on any atom is 0.125 e. The number of hydrogen-bond donors (Lipinski definition) is 1. The molecule has 0 aliphatic carbocycles. The smallest absolute Gasteiger partial charge is 0.125 e. The molecule has 0 saturated carbocycles. The summed E-state index contributed by atoms with van der Waals surface area (Å²) < 4.78 is 5.86. The molecular weight excluding hydrogens is 260 g/mol. The number of rotatable bonds is 7. The molecule has 21 heavy (non-hydrogen) atoms. The average molecular weight is 284 g/mol. The van der Waals surface area contributed by atoms with Gasteiger partial charge in [0.25, 0.3) is 0 Å². The van der Waals surface area contributed by atoms with Crippen LogP contribution in [0.4, 0.5) is 0 Å². The van der Waals surface area contributed by atoms with Crippen molar-refractivity contribution in [3.05, 3.63) is 65.2 Å². The number of hydrogen-bond acceptors (Lipinski definition) is 2. The summed E-state index contributed by atoms with van der Waals surface area (Å²) in [6, 6.07) is 16.5. The van der Waals surface area contributed by atoms with Gasteiger partial charge in [-0.1, -0.05) is 42.5 Å². The van der Waals surface area contributed by atoms with Crippen molar-refractivity contribution in [1.82, 2.24) is 0 Å². The van der Waals surface area contributed by atoms with Gasteiger partial charge in [0.05, 0.1) is 12.7 Å². The molecule has 0 bridgehead atoms. The van der Waals surface area contributed by atoms with Crippen molar-refractivity contribution < 1.29 is 9.84 Å². The highest BCUT2D eigenvalue weighted by molar-refractivity contribution is 5.38. The van der Waals surface area contributed by atoms with Gasteiger partial charge in [-0.15, -0.1) is 0 Å². The van der Waals surface area contributed by atoms with Crippen LogP contribution in [0.5, 0.6) is 5.75 Å². The van der Waals surface area contributed by atoms with Crippen LogP contribution in [0, 0.1) is 6.92 Å². The summed E-state index contributed by atoms with van der Waals surface area (Å²) in [5.41, 5.74) is 3.39. The lowest BCUT2D eigenvalue weighted by molar-refractivity contribution is 0.190. The molecule has 0 fully saturated rings. The third-order valence-corrected chi connectivity index (χ3v) is 3.58. The Bertz CT molecular complexity index is 547. The lowest BCUT2D eigenvalue weighted by Gasteiger charge is -2.14. The molecule has 2 aromatic rings. The van der Waals surface area contributed by atoms with Crippen molar-refractivity contribution in [1.29, 1.82) is 0 Å². The van der Waals surface area contributed by atoms with Gasteiger partial charge in [0.2, 0.25) is 0 Å². The molecule has 2 aromatic carbocycles. The summed E-state index contributed by atoms with van der Waals surface area (Å²) in [6.45, 7) is 4.50. The van der Waals surface area contributed by atoms with E-state index in [1.54, 1.807) is 6.92 Å². The van der Waals surface area contributed by atoms with E-state index in [0.29, 0.717) is 6.61 Å². The van der Waals surface area contributed by atoms with E-state index >= 15 is 0 Å². The van der Waals surface area contributed by atoms with Crippen molar-refractivity contribution in [2.24, 2.45) is 0 Å². The molecule has 0 spiro atoms. The lowest BCUT2D eigenvalue weighted by Crippen LogP contribution is -2.03. The van der Waals surface area contributed by atoms with E-state index in [4.69, 9.17) is 4.74 Å². The molecule has 2 heteroatoms. The number of unbranched alkanes of at least 4 members (excludes halogenated alkanes) is 1. The second kappa shape index (κ2) is 7.84. The van der Waals surface area contributed by atoms with Crippen LogP contribution in [0.15, 0.2) is 48.5 Å². The van der Waals surface area contributed by atoms with E-state index in [9.17, 15) is 5.11 Å². The van der Waals surface area contributed by atoms with Crippen molar-refractivity contribution in [2.45, 2.75) is 39.2 Å². The first-order valence-corrected chi connectivity index (χ1v) is 7.62. The minimum absolute atomic E-state index is 0.495. The highest BCUT2D eigenvalue weighted by Gasteiger charge is 2.09. The van der Waals surface area contributed by atoms with Crippen LogP contribution in [-0.2, 0) is 6.42 Å². The number of benzene rings is 2. The fraction of sp³-hybridized carbons (Fsp3) is 0.368. The maximum atomic E-state index is 9.77. The van der Waals surface area contributed by atoms with Crippen molar-refractivity contribution in [3.8, 4) is 5.75 Å². The first-order valence-electron chi connectivity index (χ1n) is 7.62. The largest absolute Gasteiger partial charge is 0.493 e. The fourth-order valence-electron chi connectivity index (χ4n) is 2.37. The standard InChI is InChI=1S/C19H24O2/c1-15-11-12-18(16(2)20)19(14-15)21-13-7-6-10-17-8-4-3-5-9-17/h3-5,8-9,11-12,14,16,20H,6-7,10,13H2,1-2H3/t16-/m0/s1. The first kappa shape index (κ1) is 15.6. The monoisotopic (exact) mass is 284 g/mol. The van der Waals surface area contributed by atoms with Crippen LogP contribution >= 0.6 is 0 Å². The Labute approximate surface area is 127 Å². The zero-order chi connectivity index (χ0) is 15.1. The molecule has 0 heterocycles. The highest BCUT2D eigenvalue weighted by atomic mass is 16.5. The number of aryl methyl sites for hydroxylation is 2. The summed E-state index contributed by atoms with van der Waals surface area (Å²) in [5, 5.41) is 9.77. The quantitative estimate of drug-likeness (QED) is 0.761. The summed E-state index contributed by atoms with van der Waals surface area (Å²) in [4.78, 5) is 0. The van der Waals surface area contributed by atoms with Gasteiger partial charge in [0.15, 0.2) is 0 Å². The van der Waals surface area contributed by atoms with E-state index < -0.39 is 6.10 Å². The SMILES string of the molecule is Cc1ccc([C@H](C)O)c(OCCCCc2ccccc2)c1. The molecular formula is C19H24O2. The molecule has 0 aromatic heterocycles. The van der Waals surface area contributed by atoms with Crippen LogP contribution < -0.4 is 4.74 Å². The van der Waals surface area contributed by atoms with Crippen LogP contribution in [0.2, 0.25) is 0 Å². The Morgan fingerprint density at radius 1 is 1.05 bits per heavy atom. The number of aliphatic hydroxyl groups excluding tert-OH is 1. The molecule has 1 atom stereocenters. The van der Waals surface area contributed by atoms with Crippen LogP contribution in [0.3, 0.4) is 0 Å². The summed E-state index contributed by atoms with van der Waals surface area (Å²) in [5.74, 6) is 0.810. The van der Waals surface area contributed by atoms with E-state index in [-0.39, 0.29) is 0 Å². The molecule has 0 unspecified atom stereocenters. The predicted octanol–water partition coefficient (Wildman–Crippen LogP) is 4.45. The lowest BCUT2D eigenvalue weighted by atomic mass is 10.1. The topological polar surface area (TPSA) is 29.5 Å². The van der Waals surface area contributed by atoms with E-state index in [1.165, 1.54) is 5.56 Å². The summed E-state index contributed by atoms with van der Waals surface area (Å²) in [6.07, 6.45) is 2.72. The Balaban J connectivity index is 1.79. The van der Waals surface area contributed by atoms with E-state index in [0.717, 1.165) is 36.1 Å². The summed E-state index contributed by atoms with van der Waals surface area (Å²) in [7, 11) is 0. The van der Waals surface area contributed by atoms with Gasteiger partial charge < -0.3 is 9.84 Å². The summed E-state index contributed by atoms with van der Waals surface area (Å²) >= 11 is 0. The van der Waals surface area contributed by atoms with Crippen LogP contribution in [0.25, 0.3) is 0 Å². The zero-order valence-corrected chi connectivity index (χ0v) is 12.9. The molecule has 1 N–H and O–H groups in total. The molecule has 0 radical (unpaired) electrons. The minimum atomic E-state index is -0.495. The van der Waals surface area contributed by atoms with Gasteiger partial charge in [-0.05, 0) is 50.3 Å². The third-order valence-electron chi connectivity index (χ3n) is 3.58. The Kier molecular flexibility index (Phi) is 5.82. The van der Waals surface area contributed by atoms with Gasteiger partial charge in [0, 0.05) is 5.56 Å².